The van der Waals surface area contributed by atoms with E-state index >= 15 is 0 Å². The molecule has 0 saturated carbocycles. The molecule has 0 rings (SSSR count). The molecule has 5 heteroatoms. The zero-order valence-corrected chi connectivity index (χ0v) is 10.4. The van der Waals surface area contributed by atoms with Crippen molar-refractivity contribution >= 4 is 11.8 Å². The first kappa shape index (κ1) is 14.9. The van der Waals surface area contributed by atoms with Crippen LogP contribution < -0.4 is 16.8 Å². The van der Waals surface area contributed by atoms with Crippen molar-refractivity contribution in [3.05, 3.63) is 0 Å². The first-order chi connectivity index (χ1) is 7.26. The van der Waals surface area contributed by atoms with Gasteiger partial charge in [-0.1, -0.05) is 13.3 Å². The highest BCUT2D eigenvalue weighted by Crippen LogP contribution is 2.08. The van der Waals surface area contributed by atoms with Crippen molar-refractivity contribution in [3.8, 4) is 0 Å². The van der Waals surface area contributed by atoms with Gasteiger partial charge in [-0.3, -0.25) is 9.59 Å². The van der Waals surface area contributed by atoms with E-state index in [1.807, 2.05) is 6.92 Å². The van der Waals surface area contributed by atoms with Crippen molar-refractivity contribution in [2.75, 3.05) is 0 Å². The van der Waals surface area contributed by atoms with E-state index in [1.54, 1.807) is 13.8 Å². The Kier molecular flexibility index (Phi) is 6.03. The molecule has 0 saturated heterocycles. The summed E-state index contributed by atoms with van der Waals surface area (Å²) in [4.78, 5) is 22.3. The van der Waals surface area contributed by atoms with Crippen LogP contribution in [0.2, 0.25) is 0 Å². The maximum Gasteiger partial charge on any atom is 0.221 e. The highest BCUT2D eigenvalue weighted by Gasteiger charge is 2.23. The van der Waals surface area contributed by atoms with Gasteiger partial charge >= 0.3 is 0 Å². The van der Waals surface area contributed by atoms with Crippen molar-refractivity contribution in [3.63, 3.8) is 0 Å². The maximum absolute atomic E-state index is 11.6. The molecular weight excluding hydrogens is 206 g/mol. The highest BCUT2D eigenvalue weighted by atomic mass is 16.2. The Bertz CT molecular complexity index is 252. The molecule has 5 N–H and O–H groups in total. The van der Waals surface area contributed by atoms with E-state index in [-0.39, 0.29) is 24.8 Å². The zero-order valence-electron chi connectivity index (χ0n) is 10.4. The number of carbonyl (C=O) groups excluding carboxylic acids is 2. The average Bonchev–Trinajstić information content (AvgIpc) is 1.98. The first-order valence-electron chi connectivity index (χ1n) is 5.61. The third-order valence-electron chi connectivity index (χ3n) is 2.20. The zero-order chi connectivity index (χ0) is 12.8. The third kappa shape index (κ3) is 7.23. The molecule has 0 bridgehead atoms. The second-order valence-electron chi connectivity index (χ2n) is 4.83. The number of hydrogen-bond acceptors (Lipinski definition) is 3. The van der Waals surface area contributed by atoms with Crippen LogP contribution in [0, 0.1) is 0 Å². The largest absolute Gasteiger partial charge is 0.370 e. The predicted octanol–water partition coefficient (Wildman–Crippen LogP) is 0.274. The normalized spacial score (nSPS) is 13.2. The van der Waals surface area contributed by atoms with Crippen LogP contribution in [0.3, 0.4) is 0 Å². The van der Waals surface area contributed by atoms with Gasteiger partial charge in [-0.05, 0) is 20.3 Å². The van der Waals surface area contributed by atoms with E-state index in [4.69, 9.17) is 11.5 Å². The van der Waals surface area contributed by atoms with E-state index in [1.165, 1.54) is 0 Å². The molecule has 0 spiro atoms. The number of primary amides is 1. The molecule has 0 aromatic carbocycles. The van der Waals surface area contributed by atoms with Crippen molar-refractivity contribution in [2.45, 2.75) is 58.0 Å². The van der Waals surface area contributed by atoms with Crippen LogP contribution in [0.1, 0.15) is 46.5 Å². The van der Waals surface area contributed by atoms with Crippen molar-refractivity contribution in [1.29, 1.82) is 0 Å². The predicted molar refractivity (Wildman–Crippen MR) is 63.5 cm³/mol. The summed E-state index contributed by atoms with van der Waals surface area (Å²) in [6, 6.07) is -0.116. The lowest BCUT2D eigenvalue weighted by Crippen LogP contribution is -2.47. The van der Waals surface area contributed by atoms with Crippen LogP contribution in [0.15, 0.2) is 0 Å². The van der Waals surface area contributed by atoms with Crippen molar-refractivity contribution in [1.82, 2.24) is 5.32 Å². The minimum atomic E-state index is -0.602. The summed E-state index contributed by atoms with van der Waals surface area (Å²) in [5.41, 5.74) is 10.2. The Morgan fingerprint density at radius 1 is 1.38 bits per heavy atom. The van der Waals surface area contributed by atoms with E-state index in [0.29, 0.717) is 0 Å². The minimum absolute atomic E-state index is 0.116. The maximum atomic E-state index is 11.6. The van der Waals surface area contributed by atoms with Gasteiger partial charge in [-0.15, -0.1) is 0 Å². The van der Waals surface area contributed by atoms with Crippen LogP contribution in [-0.4, -0.2) is 23.4 Å². The molecule has 0 aromatic heterocycles. The average molecular weight is 229 g/mol. The standard InChI is InChI=1S/C11H23N3O2/c1-4-5-8(12)6-10(16)14-11(2,3)7-9(13)15/h8H,4-7,12H2,1-3H3,(H2,13,15)(H,14,16). The lowest BCUT2D eigenvalue weighted by atomic mass is 9.99. The van der Waals surface area contributed by atoms with Crippen LogP contribution >= 0.6 is 0 Å². The van der Waals surface area contributed by atoms with Crippen molar-refractivity contribution in [2.24, 2.45) is 11.5 Å². The van der Waals surface area contributed by atoms with E-state index in [9.17, 15) is 9.59 Å². The molecule has 0 aliphatic rings. The fourth-order valence-corrected chi connectivity index (χ4v) is 1.62. The van der Waals surface area contributed by atoms with Gasteiger partial charge in [0.1, 0.15) is 0 Å². The number of rotatable bonds is 7. The molecule has 2 amide bonds. The minimum Gasteiger partial charge on any atom is -0.370 e. The van der Waals surface area contributed by atoms with E-state index < -0.39 is 11.4 Å². The number of nitrogens with two attached hydrogens (primary N) is 2. The molecule has 0 fully saturated rings. The van der Waals surface area contributed by atoms with Crippen LogP contribution in [0.4, 0.5) is 0 Å². The molecular formula is C11H23N3O2. The van der Waals surface area contributed by atoms with Crippen LogP contribution in [-0.2, 0) is 9.59 Å². The van der Waals surface area contributed by atoms with Crippen LogP contribution in [0.25, 0.3) is 0 Å². The summed E-state index contributed by atoms with van der Waals surface area (Å²) in [7, 11) is 0. The third-order valence-corrected chi connectivity index (χ3v) is 2.20. The number of carbonyl (C=O) groups is 2. The monoisotopic (exact) mass is 229 g/mol. The number of nitrogens with one attached hydrogen (secondary N) is 1. The first-order valence-corrected chi connectivity index (χ1v) is 5.61. The second-order valence-corrected chi connectivity index (χ2v) is 4.83. The van der Waals surface area contributed by atoms with Gasteiger partial charge in [0.25, 0.3) is 0 Å². The summed E-state index contributed by atoms with van der Waals surface area (Å²) in [6.07, 6.45) is 2.20. The summed E-state index contributed by atoms with van der Waals surface area (Å²) in [5.74, 6) is -0.560. The van der Waals surface area contributed by atoms with E-state index in [2.05, 4.69) is 5.32 Å². The topological polar surface area (TPSA) is 98.2 Å². The summed E-state index contributed by atoms with van der Waals surface area (Å²) in [5, 5.41) is 2.76. The molecule has 94 valence electrons. The van der Waals surface area contributed by atoms with Crippen LogP contribution in [0.5, 0.6) is 0 Å². The Morgan fingerprint density at radius 3 is 2.38 bits per heavy atom. The number of hydrogen-bond donors (Lipinski definition) is 3. The van der Waals surface area contributed by atoms with E-state index in [0.717, 1.165) is 12.8 Å². The van der Waals surface area contributed by atoms with Gasteiger partial charge in [0.2, 0.25) is 11.8 Å². The SMILES string of the molecule is CCCC(N)CC(=O)NC(C)(C)CC(N)=O. The van der Waals surface area contributed by atoms with Gasteiger partial charge in [0.05, 0.1) is 0 Å². The number of amides is 2. The molecule has 0 heterocycles. The lowest BCUT2D eigenvalue weighted by Gasteiger charge is -2.25. The molecule has 16 heavy (non-hydrogen) atoms. The molecule has 5 nitrogen and oxygen atoms in total. The van der Waals surface area contributed by atoms with Gasteiger partial charge in [0.15, 0.2) is 0 Å². The lowest BCUT2D eigenvalue weighted by molar-refractivity contribution is -0.124. The smallest absolute Gasteiger partial charge is 0.221 e. The molecule has 1 atom stereocenters. The Morgan fingerprint density at radius 2 is 1.94 bits per heavy atom. The van der Waals surface area contributed by atoms with Gasteiger partial charge in [0, 0.05) is 24.4 Å². The quantitative estimate of drug-likeness (QED) is 0.584. The summed E-state index contributed by atoms with van der Waals surface area (Å²) in [6.45, 7) is 5.55. The molecule has 0 aliphatic heterocycles. The summed E-state index contributed by atoms with van der Waals surface area (Å²) < 4.78 is 0. The molecule has 0 aliphatic carbocycles. The Balaban J connectivity index is 4.07. The summed E-state index contributed by atoms with van der Waals surface area (Å²) >= 11 is 0. The van der Waals surface area contributed by atoms with Crippen molar-refractivity contribution < 1.29 is 9.59 Å². The van der Waals surface area contributed by atoms with Gasteiger partial charge < -0.3 is 16.8 Å². The Labute approximate surface area is 96.9 Å². The fraction of sp³-hybridized carbons (Fsp3) is 0.818. The van der Waals surface area contributed by atoms with Gasteiger partial charge in [-0.2, -0.15) is 0 Å². The molecule has 0 aromatic rings. The molecule has 0 radical (unpaired) electrons. The highest BCUT2D eigenvalue weighted by molar-refractivity contribution is 5.80. The van der Waals surface area contributed by atoms with Gasteiger partial charge in [-0.25, -0.2) is 0 Å². The molecule has 1 unspecified atom stereocenters. The Hall–Kier alpha value is -1.10. The second kappa shape index (κ2) is 6.48. The fourth-order valence-electron chi connectivity index (χ4n) is 1.62.